The van der Waals surface area contributed by atoms with Gasteiger partial charge in [0.25, 0.3) is 0 Å². The van der Waals surface area contributed by atoms with Crippen molar-refractivity contribution in [2.24, 2.45) is 0 Å². The number of nitriles is 1. The third-order valence-corrected chi connectivity index (χ3v) is 2.85. The molecule has 0 aliphatic carbocycles. The molecule has 18 heavy (non-hydrogen) atoms. The summed E-state index contributed by atoms with van der Waals surface area (Å²) in [5, 5.41) is 14.6. The molecular formula is C16H16N2. The standard InChI is InChI=1S/C16H16N2/c1-12(2)9-10-18-16-8-7-13(11-17)14-5-3-4-6-15(14)16/h3-9,18H,10H2,1-2H3. The highest BCUT2D eigenvalue weighted by Crippen LogP contribution is 2.26. The zero-order valence-corrected chi connectivity index (χ0v) is 10.7. The number of allylic oxidation sites excluding steroid dienone is 1. The molecular weight excluding hydrogens is 220 g/mol. The van der Waals surface area contributed by atoms with E-state index in [9.17, 15) is 0 Å². The van der Waals surface area contributed by atoms with Gasteiger partial charge >= 0.3 is 0 Å². The lowest BCUT2D eigenvalue weighted by atomic mass is 10.0. The molecule has 0 aliphatic rings. The highest BCUT2D eigenvalue weighted by atomic mass is 14.9. The number of nitrogens with one attached hydrogen (secondary N) is 1. The molecule has 0 saturated heterocycles. The molecule has 0 amide bonds. The van der Waals surface area contributed by atoms with Gasteiger partial charge in [-0.3, -0.25) is 0 Å². The van der Waals surface area contributed by atoms with Gasteiger partial charge in [0.15, 0.2) is 0 Å². The number of benzene rings is 2. The smallest absolute Gasteiger partial charge is 0.0998 e. The van der Waals surface area contributed by atoms with Crippen LogP contribution in [0.2, 0.25) is 0 Å². The highest BCUT2D eigenvalue weighted by Gasteiger charge is 2.03. The van der Waals surface area contributed by atoms with Crippen molar-refractivity contribution in [2.75, 3.05) is 11.9 Å². The molecule has 2 aromatic carbocycles. The predicted molar refractivity (Wildman–Crippen MR) is 76.6 cm³/mol. The highest BCUT2D eigenvalue weighted by molar-refractivity contribution is 5.97. The Morgan fingerprint density at radius 2 is 1.89 bits per heavy atom. The average molecular weight is 236 g/mol. The van der Waals surface area contributed by atoms with Crippen molar-refractivity contribution in [1.82, 2.24) is 0 Å². The van der Waals surface area contributed by atoms with E-state index in [4.69, 9.17) is 5.26 Å². The first kappa shape index (κ1) is 12.2. The first-order valence-corrected chi connectivity index (χ1v) is 6.01. The van der Waals surface area contributed by atoms with Crippen LogP contribution < -0.4 is 5.32 Å². The van der Waals surface area contributed by atoms with Gasteiger partial charge in [0.2, 0.25) is 0 Å². The van der Waals surface area contributed by atoms with Crippen molar-refractivity contribution in [2.45, 2.75) is 13.8 Å². The van der Waals surface area contributed by atoms with Crippen LogP contribution in [0.1, 0.15) is 19.4 Å². The fraction of sp³-hybridized carbons (Fsp3) is 0.188. The van der Waals surface area contributed by atoms with Crippen LogP contribution in [0.4, 0.5) is 5.69 Å². The zero-order valence-electron chi connectivity index (χ0n) is 10.7. The number of hydrogen-bond acceptors (Lipinski definition) is 2. The third-order valence-electron chi connectivity index (χ3n) is 2.85. The second-order valence-electron chi connectivity index (χ2n) is 4.48. The van der Waals surface area contributed by atoms with Gasteiger partial charge < -0.3 is 5.32 Å². The van der Waals surface area contributed by atoms with Crippen molar-refractivity contribution >= 4 is 16.5 Å². The Balaban J connectivity index is 2.41. The van der Waals surface area contributed by atoms with Crippen LogP contribution >= 0.6 is 0 Å². The average Bonchev–Trinajstić information content (AvgIpc) is 2.38. The van der Waals surface area contributed by atoms with Gasteiger partial charge in [-0.15, -0.1) is 0 Å². The molecule has 0 atom stereocenters. The summed E-state index contributed by atoms with van der Waals surface area (Å²) >= 11 is 0. The Labute approximate surface area is 108 Å². The van der Waals surface area contributed by atoms with E-state index in [2.05, 4.69) is 31.3 Å². The van der Waals surface area contributed by atoms with Crippen LogP contribution in [0.3, 0.4) is 0 Å². The molecule has 2 heteroatoms. The SMILES string of the molecule is CC(C)=CCNc1ccc(C#N)c2ccccc12. The summed E-state index contributed by atoms with van der Waals surface area (Å²) in [4.78, 5) is 0. The van der Waals surface area contributed by atoms with Crippen molar-refractivity contribution < 1.29 is 0 Å². The number of anilines is 1. The molecule has 0 aromatic heterocycles. The Morgan fingerprint density at radius 3 is 2.56 bits per heavy atom. The summed E-state index contributed by atoms with van der Waals surface area (Å²) in [5.74, 6) is 0. The van der Waals surface area contributed by atoms with Gasteiger partial charge in [-0.1, -0.05) is 35.9 Å². The molecule has 0 heterocycles. The molecule has 0 aliphatic heterocycles. The molecule has 0 radical (unpaired) electrons. The molecule has 0 fully saturated rings. The van der Waals surface area contributed by atoms with E-state index < -0.39 is 0 Å². The zero-order chi connectivity index (χ0) is 13.0. The molecule has 2 rings (SSSR count). The van der Waals surface area contributed by atoms with Crippen molar-refractivity contribution in [1.29, 1.82) is 5.26 Å². The molecule has 2 aromatic rings. The monoisotopic (exact) mass is 236 g/mol. The normalized spacial score (nSPS) is 9.83. The van der Waals surface area contributed by atoms with Crippen LogP contribution in [0, 0.1) is 11.3 Å². The van der Waals surface area contributed by atoms with E-state index in [-0.39, 0.29) is 0 Å². The summed E-state index contributed by atoms with van der Waals surface area (Å²) in [6.45, 7) is 4.97. The summed E-state index contributed by atoms with van der Waals surface area (Å²) in [5.41, 5.74) is 3.08. The fourth-order valence-electron chi connectivity index (χ4n) is 1.92. The molecule has 90 valence electrons. The van der Waals surface area contributed by atoms with Crippen LogP contribution in [0.25, 0.3) is 10.8 Å². The molecule has 0 saturated carbocycles. The topological polar surface area (TPSA) is 35.8 Å². The Bertz CT molecular complexity index is 629. The Kier molecular flexibility index (Phi) is 3.64. The Morgan fingerprint density at radius 1 is 1.17 bits per heavy atom. The summed E-state index contributed by atoms with van der Waals surface area (Å²) in [6, 6.07) is 14.1. The first-order valence-electron chi connectivity index (χ1n) is 6.01. The van der Waals surface area contributed by atoms with E-state index in [1.807, 2.05) is 36.4 Å². The third kappa shape index (κ3) is 2.52. The maximum atomic E-state index is 9.10. The number of fused-ring (bicyclic) bond motifs is 1. The van der Waals surface area contributed by atoms with Gasteiger partial charge in [0.05, 0.1) is 11.6 Å². The van der Waals surface area contributed by atoms with Crippen LogP contribution in [-0.2, 0) is 0 Å². The molecule has 1 N–H and O–H groups in total. The fourth-order valence-corrected chi connectivity index (χ4v) is 1.92. The maximum Gasteiger partial charge on any atom is 0.0998 e. The molecule has 2 nitrogen and oxygen atoms in total. The van der Waals surface area contributed by atoms with Gasteiger partial charge in [-0.25, -0.2) is 0 Å². The Hall–Kier alpha value is -2.27. The number of hydrogen-bond donors (Lipinski definition) is 1. The lowest BCUT2D eigenvalue weighted by molar-refractivity contribution is 1.27. The second-order valence-corrected chi connectivity index (χ2v) is 4.48. The molecule has 0 bridgehead atoms. The minimum atomic E-state index is 0.721. The number of rotatable bonds is 3. The van der Waals surface area contributed by atoms with Crippen LogP contribution in [0.5, 0.6) is 0 Å². The van der Waals surface area contributed by atoms with E-state index in [0.29, 0.717) is 0 Å². The van der Waals surface area contributed by atoms with Crippen molar-refractivity contribution in [3.05, 3.63) is 53.6 Å². The van der Waals surface area contributed by atoms with Gasteiger partial charge in [-0.2, -0.15) is 5.26 Å². The van der Waals surface area contributed by atoms with Gasteiger partial charge in [0.1, 0.15) is 0 Å². The van der Waals surface area contributed by atoms with Crippen LogP contribution in [-0.4, -0.2) is 6.54 Å². The van der Waals surface area contributed by atoms with E-state index in [0.717, 1.165) is 28.6 Å². The predicted octanol–water partition coefficient (Wildman–Crippen LogP) is 4.09. The summed E-state index contributed by atoms with van der Waals surface area (Å²) in [7, 11) is 0. The summed E-state index contributed by atoms with van der Waals surface area (Å²) < 4.78 is 0. The first-order chi connectivity index (χ1) is 8.72. The van der Waals surface area contributed by atoms with Gasteiger partial charge in [-0.05, 0) is 26.0 Å². The molecule has 0 spiro atoms. The minimum Gasteiger partial charge on any atom is -0.381 e. The lowest BCUT2D eigenvalue weighted by Crippen LogP contribution is -1.99. The largest absolute Gasteiger partial charge is 0.381 e. The molecule has 0 unspecified atom stereocenters. The van der Waals surface area contributed by atoms with Crippen LogP contribution in [0.15, 0.2) is 48.0 Å². The van der Waals surface area contributed by atoms with Crippen molar-refractivity contribution in [3.63, 3.8) is 0 Å². The van der Waals surface area contributed by atoms with E-state index >= 15 is 0 Å². The number of nitrogens with zero attached hydrogens (tertiary/aromatic N) is 1. The summed E-state index contributed by atoms with van der Waals surface area (Å²) in [6.07, 6.45) is 2.15. The quantitative estimate of drug-likeness (QED) is 0.815. The minimum absolute atomic E-state index is 0.721. The van der Waals surface area contributed by atoms with E-state index in [1.54, 1.807) is 0 Å². The second kappa shape index (κ2) is 5.37. The lowest BCUT2D eigenvalue weighted by Gasteiger charge is -2.09. The maximum absolute atomic E-state index is 9.10. The van der Waals surface area contributed by atoms with E-state index in [1.165, 1.54) is 5.57 Å². The van der Waals surface area contributed by atoms with Crippen molar-refractivity contribution in [3.8, 4) is 6.07 Å². The van der Waals surface area contributed by atoms with Gasteiger partial charge in [0, 0.05) is 23.0 Å².